The summed E-state index contributed by atoms with van der Waals surface area (Å²) >= 11 is 0. The van der Waals surface area contributed by atoms with Crippen molar-refractivity contribution in [2.45, 2.75) is 6.61 Å². The van der Waals surface area contributed by atoms with Crippen molar-refractivity contribution in [2.24, 2.45) is 5.84 Å². The minimum Gasteiger partial charge on any atom is -0.378 e. The largest absolute Gasteiger partial charge is 0.378 e. The van der Waals surface area contributed by atoms with Gasteiger partial charge >= 0.3 is 0 Å². The molecule has 0 unspecified atom stereocenters. The van der Waals surface area contributed by atoms with Crippen LogP contribution >= 0.6 is 0 Å². The molecule has 20 heavy (non-hydrogen) atoms. The quantitative estimate of drug-likeness (QED) is 0.510. The number of ether oxygens (including phenoxy) is 1. The van der Waals surface area contributed by atoms with E-state index in [0.717, 1.165) is 12.1 Å². The number of hydrogen-bond donors (Lipinski definition) is 2. The summed E-state index contributed by atoms with van der Waals surface area (Å²) in [6, 6.07) is 3.14. The maximum Gasteiger partial charge on any atom is 0.194 e. The van der Waals surface area contributed by atoms with Gasteiger partial charge < -0.3 is 10.2 Å². The Labute approximate surface area is 112 Å². The number of methoxy groups -OCH3 is 1. The van der Waals surface area contributed by atoms with Gasteiger partial charge in [0.25, 0.3) is 0 Å². The highest BCUT2D eigenvalue weighted by Crippen LogP contribution is 2.22. The van der Waals surface area contributed by atoms with E-state index in [0.29, 0.717) is 5.69 Å². The van der Waals surface area contributed by atoms with Gasteiger partial charge in [-0.2, -0.15) is 0 Å². The molecule has 0 fully saturated rings. The SMILES string of the molecule is COCc1cc(NN)nc(-c2cc(F)c(F)c(F)c2)n1. The number of hydrazine groups is 1. The highest BCUT2D eigenvalue weighted by atomic mass is 19.2. The molecule has 106 valence electrons. The van der Waals surface area contributed by atoms with Crippen LogP contribution in [0.15, 0.2) is 18.2 Å². The minimum atomic E-state index is -1.54. The fraction of sp³-hybridized carbons (Fsp3) is 0.167. The Hall–Kier alpha value is -2.19. The Kier molecular flexibility index (Phi) is 4.16. The molecule has 0 aliphatic rings. The van der Waals surface area contributed by atoms with Crippen LogP contribution in [0.25, 0.3) is 11.4 Å². The summed E-state index contributed by atoms with van der Waals surface area (Å²) in [4.78, 5) is 8.02. The molecule has 0 aliphatic carbocycles. The Morgan fingerprint density at radius 2 is 1.80 bits per heavy atom. The van der Waals surface area contributed by atoms with Crippen LogP contribution in [0.4, 0.5) is 19.0 Å². The Morgan fingerprint density at radius 1 is 1.15 bits per heavy atom. The summed E-state index contributed by atoms with van der Waals surface area (Å²) in [7, 11) is 1.47. The summed E-state index contributed by atoms with van der Waals surface area (Å²) in [6.07, 6.45) is 0. The van der Waals surface area contributed by atoms with Gasteiger partial charge in [-0.1, -0.05) is 0 Å². The lowest BCUT2D eigenvalue weighted by atomic mass is 10.2. The third-order valence-corrected chi connectivity index (χ3v) is 2.46. The number of anilines is 1. The maximum atomic E-state index is 13.2. The number of nitrogens with zero attached hydrogens (tertiary/aromatic N) is 2. The monoisotopic (exact) mass is 284 g/mol. The summed E-state index contributed by atoms with van der Waals surface area (Å²) in [6.45, 7) is 0.163. The van der Waals surface area contributed by atoms with Crippen molar-refractivity contribution >= 4 is 5.82 Å². The number of nitrogens with two attached hydrogens (primary N) is 1. The van der Waals surface area contributed by atoms with E-state index in [2.05, 4.69) is 15.4 Å². The second-order valence-electron chi connectivity index (χ2n) is 3.90. The van der Waals surface area contributed by atoms with E-state index >= 15 is 0 Å². The molecule has 1 heterocycles. The van der Waals surface area contributed by atoms with Gasteiger partial charge in [-0.15, -0.1) is 0 Å². The zero-order valence-corrected chi connectivity index (χ0v) is 10.5. The van der Waals surface area contributed by atoms with Gasteiger partial charge in [0.1, 0.15) is 5.82 Å². The molecule has 2 rings (SSSR count). The molecular formula is C12H11F3N4O. The standard InChI is InChI=1S/C12H11F3N4O/c1-20-5-7-4-10(19-16)18-12(17-7)6-2-8(13)11(15)9(14)3-6/h2-4H,5,16H2,1H3,(H,17,18,19). The molecule has 0 bridgehead atoms. The molecule has 1 aromatic carbocycles. The lowest BCUT2D eigenvalue weighted by molar-refractivity contribution is 0.181. The molecule has 0 aliphatic heterocycles. The third kappa shape index (κ3) is 2.86. The molecule has 0 atom stereocenters. The lowest BCUT2D eigenvalue weighted by Crippen LogP contribution is -2.11. The Balaban J connectivity index is 2.53. The molecule has 0 saturated heterocycles. The molecular weight excluding hydrogens is 273 g/mol. The average molecular weight is 284 g/mol. The first-order chi connectivity index (χ1) is 9.55. The highest BCUT2D eigenvalue weighted by molar-refractivity contribution is 5.57. The van der Waals surface area contributed by atoms with Gasteiger partial charge in [-0.25, -0.2) is 29.0 Å². The summed E-state index contributed by atoms with van der Waals surface area (Å²) in [5, 5.41) is 0. The molecule has 2 aromatic rings. The van der Waals surface area contributed by atoms with Crippen molar-refractivity contribution in [1.29, 1.82) is 0 Å². The fourth-order valence-corrected chi connectivity index (χ4v) is 1.61. The lowest BCUT2D eigenvalue weighted by Gasteiger charge is -2.08. The van der Waals surface area contributed by atoms with E-state index in [4.69, 9.17) is 10.6 Å². The van der Waals surface area contributed by atoms with Crippen LogP contribution in [0.1, 0.15) is 5.69 Å². The topological polar surface area (TPSA) is 73.1 Å². The Bertz CT molecular complexity index is 613. The fourth-order valence-electron chi connectivity index (χ4n) is 1.61. The van der Waals surface area contributed by atoms with Crippen molar-refractivity contribution in [3.8, 4) is 11.4 Å². The van der Waals surface area contributed by atoms with Crippen LogP contribution in [0.2, 0.25) is 0 Å². The van der Waals surface area contributed by atoms with E-state index in [1.54, 1.807) is 0 Å². The number of benzene rings is 1. The molecule has 8 heteroatoms. The smallest absolute Gasteiger partial charge is 0.194 e. The molecule has 0 radical (unpaired) electrons. The van der Waals surface area contributed by atoms with Gasteiger partial charge in [0.05, 0.1) is 12.3 Å². The Morgan fingerprint density at radius 3 is 2.35 bits per heavy atom. The van der Waals surface area contributed by atoms with Gasteiger partial charge in [0.15, 0.2) is 23.3 Å². The van der Waals surface area contributed by atoms with E-state index in [1.165, 1.54) is 13.2 Å². The second kappa shape index (κ2) is 5.85. The number of nitrogens with one attached hydrogen (secondary N) is 1. The van der Waals surface area contributed by atoms with E-state index in [9.17, 15) is 13.2 Å². The average Bonchev–Trinajstić information content (AvgIpc) is 2.44. The summed E-state index contributed by atoms with van der Waals surface area (Å²) in [5.41, 5.74) is 2.76. The summed E-state index contributed by atoms with van der Waals surface area (Å²) in [5.74, 6) is 1.33. The van der Waals surface area contributed by atoms with Crippen molar-refractivity contribution in [3.05, 3.63) is 41.3 Å². The molecule has 0 amide bonds. The molecule has 3 N–H and O–H groups in total. The van der Waals surface area contributed by atoms with Crippen LogP contribution in [0.5, 0.6) is 0 Å². The zero-order chi connectivity index (χ0) is 14.7. The van der Waals surface area contributed by atoms with Crippen LogP contribution in [0, 0.1) is 17.5 Å². The van der Waals surface area contributed by atoms with Crippen molar-refractivity contribution < 1.29 is 17.9 Å². The van der Waals surface area contributed by atoms with E-state index in [1.807, 2.05) is 0 Å². The second-order valence-corrected chi connectivity index (χ2v) is 3.90. The number of rotatable bonds is 4. The summed E-state index contributed by atoms with van der Waals surface area (Å²) < 4.78 is 44.3. The predicted octanol–water partition coefficient (Wildman–Crippen LogP) is 1.99. The van der Waals surface area contributed by atoms with Gasteiger partial charge in [0, 0.05) is 18.7 Å². The van der Waals surface area contributed by atoms with Crippen molar-refractivity contribution in [1.82, 2.24) is 9.97 Å². The van der Waals surface area contributed by atoms with Gasteiger partial charge in [-0.05, 0) is 12.1 Å². The van der Waals surface area contributed by atoms with Gasteiger partial charge in [-0.3, -0.25) is 0 Å². The van der Waals surface area contributed by atoms with Gasteiger partial charge in [0.2, 0.25) is 0 Å². The first-order valence-corrected chi connectivity index (χ1v) is 5.53. The third-order valence-electron chi connectivity index (χ3n) is 2.46. The van der Waals surface area contributed by atoms with E-state index < -0.39 is 17.5 Å². The van der Waals surface area contributed by atoms with Crippen LogP contribution in [-0.4, -0.2) is 17.1 Å². The van der Waals surface area contributed by atoms with Crippen LogP contribution in [-0.2, 0) is 11.3 Å². The first-order valence-electron chi connectivity index (χ1n) is 5.53. The first kappa shape index (κ1) is 14.2. The minimum absolute atomic E-state index is 0.00384. The van der Waals surface area contributed by atoms with Crippen LogP contribution < -0.4 is 11.3 Å². The van der Waals surface area contributed by atoms with E-state index in [-0.39, 0.29) is 23.8 Å². The number of hydrogen-bond acceptors (Lipinski definition) is 5. The molecule has 0 saturated carbocycles. The van der Waals surface area contributed by atoms with Crippen LogP contribution in [0.3, 0.4) is 0 Å². The zero-order valence-electron chi connectivity index (χ0n) is 10.5. The number of aromatic nitrogens is 2. The number of halogens is 3. The molecule has 0 spiro atoms. The molecule has 5 nitrogen and oxygen atoms in total. The highest BCUT2D eigenvalue weighted by Gasteiger charge is 2.14. The van der Waals surface area contributed by atoms with Crippen molar-refractivity contribution in [3.63, 3.8) is 0 Å². The molecule has 1 aromatic heterocycles. The predicted molar refractivity (Wildman–Crippen MR) is 65.9 cm³/mol. The normalized spacial score (nSPS) is 10.7. The number of nitrogen functional groups attached to an aromatic ring is 1. The van der Waals surface area contributed by atoms with Crippen molar-refractivity contribution in [2.75, 3.05) is 12.5 Å². The maximum absolute atomic E-state index is 13.2.